The summed E-state index contributed by atoms with van der Waals surface area (Å²) < 4.78 is 0. The fraction of sp³-hybridized carbons (Fsp3) is 0.600. The van der Waals surface area contributed by atoms with E-state index in [2.05, 4.69) is 5.32 Å². The molecule has 2 heterocycles. The van der Waals surface area contributed by atoms with Crippen LogP contribution in [0.2, 0.25) is 0 Å². The van der Waals surface area contributed by atoms with Crippen LogP contribution in [0.4, 0.5) is 0 Å². The molecule has 1 unspecified atom stereocenters. The Balaban J connectivity index is 1.95. The highest BCUT2D eigenvalue weighted by molar-refractivity contribution is 7.10. The fourth-order valence-electron chi connectivity index (χ4n) is 2.42. The number of nitrogens with one attached hydrogen (secondary N) is 1. The van der Waals surface area contributed by atoms with Crippen molar-refractivity contribution in [2.45, 2.75) is 38.8 Å². The summed E-state index contributed by atoms with van der Waals surface area (Å²) in [5, 5.41) is 15.0. The minimum atomic E-state index is -0.762. The lowest BCUT2D eigenvalue weighted by Gasteiger charge is -2.49. The van der Waals surface area contributed by atoms with Crippen molar-refractivity contribution in [3.8, 4) is 0 Å². The summed E-state index contributed by atoms with van der Waals surface area (Å²) in [6, 6.07) is 3.53. The van der Waals surface area contributed by atoms with Crippen LogP contribution in [0.25, 0.3) is 0 Å². The maximum atomic E-state index is 12.3. The van der Waals surface area contributed by atoms with Gasteiger partial charge in [0.15, 0.2) is 0 Å². The molecule has 6 heteroatoms. The summed E-state index contributed by atoms with van der Waals surface area (Å²) in [4.78, 5) is 26.2. The molecule has 0 spiro atoms. The van der Waals surface area contributed by atoms with Crippen LogP contribution in [0, 0.1) is 5.92 Å². The Morgan fingerprint density at radius 2 is 2.14 bits per heavy atom. The van der Waals surface area contributed by atoms with Gasteiger partial charge in [-0.1, -0.05) is 19.9 Å². The van der Waals surface area contributed by atoms with E-state index in [9.17, 15) is 14.7 Å². The van der Waals surface area contributed by atoms with Gasteiger partial charge in [0.25, 0.3) is 0 Å². The Labute approximate surface area is 129 Å². The van der Waals surface area contributed by atoms with Gasteiger partial charge in [0.1, 0.15) is 5.60 Å². The van der Waals surface area contributed by atoms with Gasteiger partial charge in [0.05, 0.1) is 25.6 Å². The average Bonchev–Trinajstić information content (AvgIpc) is 2.86. The molecule has 0 radical (unpaired) electrons. The number of carbonyl (C=O) groups excluding carboxylic acids is 2. The van der Waals surface area contributed by atoms with Crippen LogP contribution >= 0.6 is 11.3 Å². The molecule has 1 aliphatic rings. The SMILES string of the molecule is CC(=O)NC(CC(=O)N1CC(O)(C(C)C)C1)c1cccs1. The molecule has 21 heavy (non-hydrogen) atoms. The largest absolute Gasteiger partial charge is 0.386 e. The second-order valence-corrected chi connectivity index (χ2v) is 6.96. The third-order valence-electron chi connectivity index (χ3n) is 4.00. The van der Waals surface area contributed by atoms with Crippen LogP contribution < -0.4 is 5.32 Å². The zero-order chi connectivity index (χ0) is 15.6. The zero-order valence-electron chi connectivity index (χ0n) is 12.6. The number of β-amino-alcohol motifs (C(OH)–C–C–N with tert-alkyl or cyclic N) is 1. The molecular weight excluding hydrogens is 288 g/mol. The van der Waals surface area contributed by atoms with Gasteiger partial charge in [0, 0.05) is 11.8 Å². The number of aliphatic hydroxyl groups is 1. The average molecular weight is 310 g/mol. The Morgan fingerprint density at radius 1 is 1.48 bits per heavy atom. The Bertz CT molecular complexity index is 507. The lowest BCUT2D eigenvalue weighted by atomic mass is 9.82. The highest BCUT2D eigenvalue weighted by Crippen LogP contribution is 2.31. The summed E-state index contributed by atoms with van der Waals surface area (Å²) >= 11 is 1.52. The molecule has 2 rings (SSSR count). The molecule has 1 aromatic rings. The monoisotopic (exact) mass is 310 g/mol. The van der Waals surface area contributed by atoms with Gasteiger partial charge in [0.2, 0.25) is 11.8 Å². The van der Waals surface area contributed by atoms with Crippen LogP contribution in [-0.4, -0.2) is 40.5 Å². The van der Waals surface area contributed by atoms with Crippen molar-refractivity contribution in [1.82, 2.24) is 10.2 Å². The van der Waals surface area contributed by atoms with Crippen LogP contribution in [0.3, 0.4) is 0 Å². The first-order chi connectivity index (χ1) is 9.82. The van der Waals surface area contributed by atoms with Crippen LogP contribution in [-0.2, 0) is 9.59 Å². The maximum Gasteiger partial charge on any atom is 0.225 e. The highest BCUT2D eigenvalue weighted by atomic mass is 32.1. The number of hydrogen-bond acceptors (Lipinski definition) is 4. The van der Waals surface area contributed by atoms with E-state index in [-0.39, 0.29) is 30.2 Å². The van der Waals surface area contributed by atoms with Gasteiger partial charge in [-0.15, -0.1) is 11.3 Å². The van der Waals surface area contributed by atoms with E-state index >= 15 is 0 Å². The number of nitrogens with zero attached hydrogens (tertiary/aromatic N) is 1. The topological polar surface area (TPSA) is 69.6 Å². The summed E-state index contributed by atoms with van der Waals surface area (Å²) in [6.45, 7) is 6.11. The molecule has 2 amide bonds. The molecule has 0 aliphatic carbocycles. The smallest absolute Gasteiger partial charge is 0.225 e. The van der Waals surface area contributed by atoms with Gasteiger partial charge < -0.3 is 15.3 Å². The van der Waals surface area contributed by atoms with Gasteiger partial charge in [-0.3, -0.25) is 9.59 Å². The van der Waals surface area contributed by atoms with Crippen LogP contribution in [0.5, 0.6) is 0 Å². The van der Waals surface area contributed by atoms with Crippen molar-refractivity contribution in [2.24, 2.45) is 5.92 Å². The summed E-state index contributed by atoms with van der Waals surface area (Å²) in [5.41, 5.74) is -0.762. The molecule has 2 N–H and O–H groups in total. The molecule has 1 aliphatic heterocycles. The maximum absolute atomic E-state index is 12.3. The molecular formula is C15H22N2O3S. The molecule has 0 aromatic carbocycles. The normalized spacial score (nSPS) is 18.2. The summed E-state index contributed by atoms with van der Waals surface area (Å²) in [5.74, 6) is -0.0547. The molecule has 0 bridgehead atoms. The number of thiophene rings is 1. The first-order valence-electron chi connectivity index (χ1n) is 7.12. The third-order valence-corrected chi connectivity index (χ3v) is 4.99. The molecule has 1 aromatic heterocycles. The first-order valence-corrected chi connectivity index (χ1v) is 8.00. The first kappa shape index (κ1) is 16.0. The Morgan fingerprint density at radius 3 is 2.62 bits per heavy atom. The number of hydrogen-bond donors (Lipinski definition) is 2. The number of amides is 2. The van der Waals surface area contributed by atoms with E-state index in [1.807, 2.05) is 31.4 Å². The van der Waals surface area contributed by atoms with Crippen molar-refractivity contribution < 1.29 is 14.7 Å². The van der Waals surface area contributed by atoms with Crippen molar-refractivity contribution >= 4 is 23.2 Å². The summed E-state index contributed by atoms with van der Waals surface area (Å²) in [7, 11) is 0. The number of carbonyl (C=O) groups is 2. The lowest BCUT2D eigenvalue weighted by Crippen LogP contribution is -2.66. The molecule has 0 saturated carbocycles. The second-order valence-electron chi connectivity index (χ2n) is 5.98. The van der Waals surface area contributed by atoms with Gasteiger partial charge >= 0.3 is 0 Å². The predicted octanol–water partition coefficient (Wildman–Crippen LogP) is 1.54. The Kier molecular flexibility index (Phi) is 4.68. The van der Waals surface area contributed by atoms with Gasteiger partial charge in [-0.2, -0.15) is 0 Å². The predicted molar refractivity (Wildman–Crippen MR) is 81.9 cm³/mol. The van der Waals surface area contributed by atoms with Gasteiger partial charge in [-0.25, -0.2) is 0 Å². The molecule has 116 valence electrons. The minimum Gasteiger partial charge on any atom is -0.386 e. The standard InChI is InChI=1S/C15H22N2O3S/c1-10(2)15(20)8-17(9-15)14(19)7-12(16-11(3)18)13-5-4-6-21-13/h4-6,10,12,20H,7-9H2,1-3H3,(H,16,18). The van der Waals surface area contributed by atoms with Crippen molar-refractivity contribution in [1.29, 1.82) is 0 Å². The van der Waals surface area contributed by atoms with Crippen LogP contribution in [0.15, 0.2) is 17.5 Å². The van der Waals surface area contributed by atoms with Crippen molar-refractivity contribution in [2.75, 3.05) is 13.1 Å². The molecule has 5 nitrogen and oxygen atoms in total. The molecule has 1 atom stereocenters. The number of rotatable bonds is 5. The molecule has 1 saturated heterocycles. The van der Waals surface area contributed by atoms with Gasteiger partial charge in [-0.05, 0) is 17.4 Å². The van der Waals surface area contributed by atoms with Crippen molar-refractivity contribution in [3.05, 3.63) is 22.4 Å². The van der Waals surface area contributed by atoms with Crippen molar-refractivity contribution in [3.63, 3.8) is 0 Å². The van der Waals surface area contributed by atoms with E-state index in [1.165, 1.54) is 18.3 Å². The summed E-state index contributed by atoms with van der Waals surface area (Å²) in [6.07, 6.45) is 0.230. The zero-order valence-corrected chi connectivity index (χ0v) is 13.4. The quantitative estimate of drug-likeness (QED) is 0.867. The van der Waals surface area contributed by atoms with E-state index in [0.29, 0.717) is 13.1 Å². The minimum absolute atomic E-state index is 0.0347. The van der Waals surface area contributed by atoms with E-state index < -0.39 is 5.60 Å². The molecule has 1 fully saturated rings. The fourth-order valence-corrected chi connectivity index (χ4v) is 3.20. The Hall–Kier alpha value is -1.40. The van der Waals surface area contributed by atoms with Crippen LogP contribution in [0.1, 0.15) is 38.1 Å². The van der Waals surface area contributed by atoms with E-state index in [0.717, 1.165) is 4.88 Å². The lowest BCUT2D eigenvalue weighted by molar-refractivity contribution is -0.164. The second kappa shape index (κ2) is 6.15. The van der Waals surface area contributed by atoms with E-state index in [1.54, 1.807) is 4.90 Å². The third kappa shape index (κ3) is 3.63. The van der Waals surface area contributed by atoms with E-state index in [4.69, 9.17) is 0 Å². The highest BCUT2D eigenvalue weighted by Gasteiger charge is 2.45. The number of likely N-dealkylation sites (tertiary alicyclic amines) is 1.